The molecule has 1 saturated carbocycles. The van der Waals surface area contributed by atoms with Crippen molar-refractivity contribution in [3.63, 3.8) is 0 Å². The van der Waals surface area contributed by atoms with Gasteiger partial charge in [-0.2, -0.15) is 0 Å². The van der Waals surface area contributed by atoms with Gasteiger partial charge in [-0.05, 0) is 43.9 Å². The number of benzene rings is 2. The van der Waals surface area contributed by atoms with Crippen molar-refractivity contribution >= 4 is 46.1 Å². The van der Waals surface area contributed by atoms with Crippen LogP contribution in [0, 0.1) is 11.7 Å². The van der Waals surface area contributed by atoms with Gasteiger partial charge in [0.05, 0.1) is 16.1 Å². The van der Waals surface area contributed by atoms with Crippen molar-refractivity contribution in [2.45, 2.75) is 44.9 Å². The summed E-state index contributed by atoms with van der Waals surface area (Å²) in [5.41, 5.74) is 1.13. The first-order chi connectivity index (χ1) is 17.2. The molecule has 10 heteroatoms. The van der Waals surface area contributed by atoms with E-state index in [0.717, 1.165) is 6.42 Å². The van der Waals surface area contributed by atoms with Crippen LogP contribution in [0.1, 0.15) is 46.0 Å². The third-order valence-electron chi connectivity index (χ3n) is 6.99. The third kappa shape index (κ3) is 4.24. The van der Waals surface area contributed by atoms with E-state index >= 15 is 0 Å². The van der Waals surface area contributed by atoms with Gasteiger partial charge in [0, 0.05) is 35.3 Å². The first-order valence-corrected chi connectivity index (χ1v) is 11.9. The number of piperidine rings is 1. The third-order valence-corrected chi connectivity index (χ3v) is 7.29. The number of hydrogen-bond acceptors (Lipinski definition) is 4. The van der Waals surface area contributed by atoms with E-state index < -0.39 is 17.8 Å². The molecule has 1 aliphatic heterocycles. The van der Waals surface area contributed by atoms with E-state index in [9.17, 15) is 28.7 Å². The average molecular weight is 512 g/mol. The van der Waals surface area contributed by atoms with Crippen molar-refractivity contribution in [2.24, 2.45) is 5.92 Å². The zero-order chi connectivity index (χ0) is 25.7. The van der Waals surface area contributed by atoms with Gasteiger partial charge in [-0.1, -0.05) is 29.8 Å². The molecule has 1 aliphatic carbocycles. The first-order valence-electron chi connectivity index (χ1n) is 11.5. The number of likely N-dealkylation sites (tertiary alicyclic amines) is 1. The Morgan fingerprint density at radius 1 is 1.17 bits per heavy atom. The maximum atomic E-state index is 14.2. The van der Waals surface area contributed by atoms with Gasteiger partial charge in [0.25, 0.3) is 0 Å². The summed E-state index contributed by atoms with van der Waals surface area (Å²) in [6, 6.07) is 8.24. The highest BCUT2D eigenvalue weighted by molar-refractivity contribution is 6.30. The van der Waals surface area contributed by atoms with E-state index in [1.165, 1.54) is 31.2 Å². The summed E-state index contributed by atoms with van der Waals surface area (Å²) in [6.07, 6.45) is 2.88. The highest BCUT2D eigenvalue weighted by Crippen LogP contribution is 2.48. The maximum absolute atomic E-state index is 14.2. The molecule has 1 unspecified atom stereocenters. The number of carboxylic acids is 1. The van der Waals surface area contributed by atoms with Crippen LogP contribution in [-0.4, -0.2) is 50.2 Å². The molecule has 2 N–H and O–H groups in total. The summed E-state index contributed by atoms with van der Waals surface area (Å²) in [5, 5.41) is 12.6. The average Bonchev–Trinajstić information content (AvgIpc) is 3.35. The quantitative estimate of drug-likeness (QED) is 0.471. The highest BCUT2D eigenvalue weighted by atomic mass is 35.5. The molecule has 36 heavy (non-hydrogen) atoms. The molecule has 1 saturated heterocycles. The Morgan fingerprint density at radius 2 is 1.94 bits per heavy atom. The molecule has 2 aromatic carbocycles. The van der Waals surface area contributed by atoms with Crippen LogP contribution in [0.5, 0.6) is 0 Å². The standard InChI is InChI=1S/C26H23ClFN3O5/c1-13(32)18-11-30(21-7-14(26(35)36)5-6-17(18)21)12-23(33)31-20-8-16(20)9-22(31)25(34)29-10-15-3-2-4-19(27)24(15)28/h2-7,11,16,20,22H,8-10,12H2,1H3,(H,29,34)(H,35,36)/t16?,20-,22+/m1/s1. The first kappa shape index (κ1) is 24.0. The van der Waals surface area contributed by atoms with Crippen molar-refractivity contribution in [3.05, 3.63) is 70.1 Å². The molecule has 3 atom stereocenters. The lowest BCUT2D eigenvalue weighted by atomic mass is 10.1. The van der Waals surface area contributed by atoms with Crippen LogP contribution < -0.4 is 5.32 Å². The topological polar surface area (TPSA) is 109 Å². The van der Waals surface area contributed by atoms with Gasteiger partial charge in [0.1, 0.15) is 18.4 Å². The fourth-order valence-electron chi connectivity index (χ4n) is 5.10. The molecule has 3 aromatic rings. The molecule has 0 bridgehead atoms. The summed E-state index contributed by atoms with van der Waals surface area (Å²) in [6.45, 7) is 1.20. The number of aromatic nitrogens is 1. The normalized spacial score (nSPS) is 20.3. The number of nitrogens with one attached hydrogen (secondary N) is 1. The van der Waals surface area contributed by atoms with Gasteiger partial charge in [0.2, 0.25) is 11.8 Å². The summed E-state index contributed by atoms with van der Waals surface area (Å²) in [7, 11) is 0. The summed E-state index contributed by atoms with van der Waals surface area (Å²) in [5.74, 6) is -2.35. The molecule has 2 aliphatic rings. The number of nitrogens with zero attached hydrogens (tertiary/aromatic N) is 2. The van der Waals surface area contributed by atoms with Gasteiger partial charge < -0.3 is 19.9 Å². The number of aromatic carboxylic acids is 1. The second kappa shape index (κ2) is 9.05. The molecule has 2 fully saturated rings. The Hall–Kier alpha value is -3.72. The van der Waals surface area contributed by atoms with E-state index in [0.29, 0.717) is 22.9 Å². The van der Waals surface area contributed by atoms with E-state index in [2.05, 4.69) is 5.32 Å². The number of Topliss-reactive ketones (excluding diaryl/α,β-unsaturated/α-hetero) is 1. The number of rotatable bonds is 7. The van der Waals surface area contributed by atoms with Crippen LogP contribution in [0.4, 0.5) is 4.39 Å². The number of halogens is 2. The van der Waals surface area contributed by atoms with E-state index in [4.69, 9.17) is 11.6 Å². The van der Waals surface area contributed by atoms with Crippen molar-refractivity contribution < 1.29 is 28.7 Å². The fourth-order valence-corrected chi connectivity index (χ4v) is 5.29. The summed E-state index contributed by atoms with van der Waals surface area (Å²) in [4.78, 5) is 51.6. The molecule has 2 heterocycles. The lowest BCUT2D eigenvalue weighted by molar-refractivity contribution is -0.140. The summed E-state index contributed by atoms with van der Waals surface area (Å²) < 4.78 is 15.8. The molecule has 0 radical (unpaired) electrons. The largest absolute Gasteiger partial charge is 0.478 e. The molecule has 8 nitrogen and oxygen atoms in total. The van der Waals surface area contributed by atoms with E-state index in [-0.39, 0.29) is 58.8 Å². The molecule has 2 amide bonds. The van der Waals surface area contributed by atoms with Crippen LogP contribution in [0.2, 0.25) is 5.02 Å². The van der Waals surface area contributed by atoms with Crippen LogP contribution in [0.15, 0.2) is 42.6 Å². The maximum Gasteiger partial charge on any atom is 0.335 e. The Labute approximate surface area is 210 Å². The monoisotopic (exact) mass is 511 g/mol. The molecule has 1 aromatic heterocycles. The van der Waals surface area contributed by atoms with Gasteiger partial charge >= 0.3 is 5.97 Å². The van der Waals surface area contributed by atoms with Gasteiger partial charge in [-0.3, -0.25) is 14.4 Å². The molecule has 0 spiro atoms. The van der Waals surface area contributed by atoms with Gasteiger partial charge in [-0.15, -0.1) is 0 Å². The number of amides is 2. The molecule has 186 valence electrons. The Kier molecular flexibility index (Phi) is 6.04. The number of carbonyl (C=O) groups excluding carboxylic acids is 3. The molecular weight excluding hydrogens is 489 g/mol. The van der Waals surface area contributed by atoms with Gasteiger partial charge in [-0.25, -0.2) is 9.18 Å². The number of carbonyl (C=O) groups is 4. The zero-order valence-electron chi connectivity index (χ0n) is 19.3. The summed E-state index contributed by atoms with van der Waals surface area (Å²) >= 11 is 5.82. The second-order valence-corrected chi connectivity index (χ2v) is 9.72. The van der Waals surface area contributed by atoms with Crippen molar-refractivity contribution in [2.75, 3.05) is 0 Å². The highest BCUT2D eigenvalue weighted by Gasteiger charge is 2.55. The molecule has 5 rings (SSSR count). The van der Waals surface area contributed by atoms with Crippen LogP contribution >= 0.6 is 11.6 Å². The lowest BCUT2D eigenvalue weighted by Crippen LogP contribution is -2.48. The smallest absolute Gasteiger partial charge is 0.335 e. The van der Waals surface area contributed by atoms with Crippen LogP contribution in [-0.2, 0) is 22.7 Å². The number of carboxylic acid groups (broad SMARTS) is 1. The van der Waals surface area contributed by atoms with Crippen molar-refractivity contribution in [1.82, 2.24) is 14.8 Å². The van der Waals surface area contributed by atoms with Crippen molar-refractivity contribution in [1.29, 1.82) is 0 Å². The Balaban J connectivity index is 1.37. The minimum absolute atomic E-state index is 0.0319. The van der Waals surface area contributed by atoms with Gasteiger partial charge in [0.15, 0.2) is 5.78 Å². The Bertz CT molecular complexity index is 1430. The SMILES string of the molecule is CC(=O)c1cn(CC(=O)N2[C@@H]3CC3C[C@H]2C(=O)NCc2cccc(Cl)c2F)c2cc(C(=O)O)ccc12. The minimum atomic E-state index is -1.12. The van der Waals surface area contributed by atoms with Crippen LogP contribution in [0.25, 0.3) is 10.9 Å². The van der Waals surface area contributed by atoms with Crippen LogP contribution in [0.3, 0.4) is 0 Å². The van der Waals surface area contributed by atoms with E-state index in [1.807, 2.05) is 0 Å². The predicted molar refractivity (Wildman–Crippen MR) is 129 cm³/mol. The van der Waals surface area contributed by atoms with Crippen molar-refractivity contribution in [3.8, 4) is 0 Å². The number of hydrogen-bond donors (Lipinski definition) is 2. The zero-order valence-corrected chi connectivity index (χ0v) is 20.1. The lowest BCUT2D eigenvalue weighted by Gasteiger charge is -2.27. The van der Waals surface area contributed by atoms with E-state index in [1.54, 1.807) is 27.8 Å². The predicted octanol–water partition coefficient (Wildman–Crippen LogP) is 3.64. The molecular formula is C26H23ClFN3O5. The second-order valence-electron chi connectivity index (χ2n) is 9.31. The fraction of sp³-hybridized carbons (Fsp3) is 0.308. The minimum Gasteiger partial charge on any atom is -0.478 e. The Morgan fingerprint density at radius 3 is 2.67 bits per heavy atom. The number of fused-ring (bicyclic) bond motifs is 2. The number of ketones is 1.